The summed E-state index contributed by atoms with van der Waals surface area (Å²) in [6, 6.07) is 23.0. The number of fused-ring (bicyclic) bond motifs is 3. The van der Waals surface area contributed by atoms with Crippen LogP contribution in [0.5, 0.6) is 0 Å². The van der Waals surface area contributed by atoms with Gasteiger partial charge in [0.2, 0.25) is 0 Å². The molecule has 0 spiro atoms. The molecule has 2 aliphatic rings. The van der Waals surface area contributed by atoms with Crippen molar-refractivity contribution in [3.63, 3.8) is 0 Å². The van der Waals surface area contributed by atoms with Crippen molar-refractivity contribution in [2.24, 2.45) is 0 Å². The average molecular weight is 585 g/mol. The van der Waals surface area contributed by atoms with Crippen molar-refractivity contribution in [1.82, 2.24) is 5.32 Å². The number of nitrogens with one attached hydrogen (secondary N) is 2. The van der Waals surface area contributed by atoms with Crippen LogP contribution in [0.4, 0.5) is 9.80 Å². The van der Waals surface area contributed by atoms with Crippen molar-refractivity contribution >= 4 is 45.7 Å². The highest BCUT2D eigenvalue weighted by Gasteiger charge is 2.46. The molecule has 4 aromatic rings. The highest BCUT2D eigenvalue weighted by Crippen LogP contribution is 2.44. The topological polar surface area (TPSA) is 84.5 Å². The van der Waals surface area contributed by atoms with Gasteiger partial charge in [-0.1, -0.05) is 60.1 Å². The number of anilines is 1. The van der Waals surface area contributed by atoms with E-state index in [4.69, 9.17) is 16.3 Å². The summed E-state index contributed by atoms with van der Waals surface area (Å²) < 4.78 is 5.73. The first-order chi connectivity index (χ1) is 19.8. The molecule has 0 bridgehead atoms. The quantitative estimate of drug-likeness (QED) is 0.219. The van der Waals surface area contributed by atoms with E-state index in [0.29, 0.717) is 34.0 Å². The van der Waals surface area contributed by atoms with Gasteiger partial charge in [0, 0.05) is 21.4 Å². The minimum absolute atomic E-state index is 0.0715. The summed E-state index contributed by atoms with van der Waals surface area (Å²) >= 11 is 7.36. The van der Waals surface area contributed by atoms with Crippen molar-refractivity contribution in [3.8, 4) is 11.1 Å². The summed E-state index contributed by atoms with van der Waals surface area (Å²) in [6.45, 7) is 3.96. The number of ketones is 1. The van der Waals surface area contributed by atoms with Crippen LogP contribution in [0.25, 0.3) is 11.1 Å². The predicted molar refractivity (Wildman–Crippen MR) is 162 cm³/mol. The molecule has 0 radical (unpaired) electrons. The fraction of sp³-hybridized carbons (Fsp3) is 0.242. The molecule has 0 unspecified atom stereocenters. The fourth-order valence-corrected chi connectivity index (χ4v) is 6.90. The number of ether oxygens (including phenoxy) is 1. The lowest BCUT2D eigenvalue weighted by Gasteiger charge is -2.40. The minimum Gasteiger partial charge on any atom is -0.449 e. The third-order valence-electron chi connectivity index (χ3n) is 8.27. The van der Waals surface area contributed by atoms with Gasteiger partial charge < -0.3 is 15.4 Å². The van der Waals surface area contributed by atoms with E-state index in [-0.39, 0.29) is 24.2 Å². The molecule has 2 N–H and O–H groups in total. The Hall–Kier alpha value is -3.94. The van der Waals surface area contributed by atoms with E-state index >= 15 is 0 Å². The van der Waals surface area contributed by atoms with Gasteiger partial charge >= 0.3 is 6.09 Å². The Balaban J connectivity index is 1.16. The predicted octanol–water partition coefficient (Wildman–Crippen LogP) is 7.65. The van der Waals surface area contributed by atoms with E-state index in [0.717, 1.165) is 39.1 Å². The first-order valence-electron chi connectivity index (χ1n) is 13.6. The van der Waals surface area contributed by atoms with Gasteiger partial charge in [-0.25, -0.2) is 4.79 Å². The lowest BCUT2D eigenvalue weighted by Crippen LogP contribution is -2.61. The standard InChI is InChI=1S/C33H29ClN2O4S/c1-19-20(2)41-30(28(19)29(37)21-12-14-22(34)15-13-21)35-31(38)33(16-7-17-33)36-32(39)40-18-27-25-10-5-3-8-23(25)24-9-4-6-11-26(24)27/h3-6,8-15,27H,7,16-18H2,1-2H3,(H,35,38)(H,36,39). The Morgan fingerprint density at radius 2 is 1.54 bits per heavy atom. The molecule has 0 aliphatic heterocycles. The second-order valence-electron chi connectivity index (χ2n) is 10.7. The number of alkyl carbamates (subject to hydrolysis) is 1. The molecule has 1 aromatic heterocycles. The van der Waals surface area contributed by atoms with Gasteiger partial charge in [-0.3, -0.25) is 9.59 Å². The molecule has 2 aliphatic carbocycles. The Labute approximate surface area is 247 Å². The van der Waals surface area contributed by atoms with E-state index in [1.807, 2.05) is 38.1 Å². The molecular formula is C33H29ClN2O4S. The van der Waals surface area contributed by atoms with Crippen LogP contribution in [-0.4, -0.2) is 29.9 Å². The molecule has 208 valence electrons. The summed E-state index contributed by atoms with van der Waals surface area (Å²) in [4.78, 5) is 41.0. The van der Waals surface area contributed by atoms with Crippen molar-refractivity contribution in [2.45, 2.75) is 44.6 Å². The Morgan fingerprint density at radius 3 is 2.12 bits per heavy atom. The largest absolute Gasteiger partial charge is 0.449 e. The lowest BCUT2D eigenvalue weighted by molar-refractivity contribution is -0.125. The van der Waals surface area contributed by atoms with Crippen molar-refractivity contribution in [1.29, 1.82) is 0 Å². The van der Waals surface area contributed by atoms with Gasteiger partial charge in [0.15, 0.2) is 5.78 Å². The average Bonchev–Trinajstić information content (AvgIpc) is 3.42. The van der Waals surface area contributed by atoms with Crippen LogP contribution in [0, 0.1) is 13.8 Å². The number of hydrogen-bond donors (Lipinski definition) is 2. The van der Waals surface area contributed by atoms with Crippen LogP contribution < -0.4 is 10.6 Å². The van der Waals surface area contributed by atoms with Gasteiger partial charge in [-0.15, -0.1) is 11.3 Å². The van der Waals surface area contributed by atoms with E-state index in [9.17, 15) is 14.4 Å². The highest BCUT2D eigenvalue weighted by molar-refractivity contribution is 7.16. The van der Waals surface area contributed by atoms with Crippen molar-refractivity contribution in [3.05, 3.63) is 111 Å². The Morgan fingerprint density at radius 1 is 0.927 bits per heavy atom. The summed E-state index contributed by atoms with van der Waals surface area (Å²) in [7, 11) is 0. The van der Waals surface area contributed by atoms with E-state index in [1.54, 1.807) is 24.3 Å². The zero-order chi connectivity index (χ0) is 28.7. The van der Waals surface area contributed by atoms with E-state index in [2.05, 4.69) is 34.9 Å². The van der Waals surface area contributed by atoms with Crippen LogP contribution in [0.3, 0.4) is 0 Å². The monoisotopic (exact) mass is 584 g/mol. The number of amides is 2. The van der Waals surface area contributed by atoms with Gasteiger partial charge in [0.25, 0.3) is 5.91 Å². The lowest BCUT2D eigenvalue weighted by atomic mass is 9.76. The van der Waals surface area contributed by atoms with Crippen molar-refractivity contribution < 1.29 is 19.1 Å². The normalized spacial score (nSPS) is 14.9. The molecule has 8 heteroatoms. The maximum atomic E-state index is 13.6. The van der Waals surface area contributed by atoms with E-state index < -0.39 is 11.6 Å². The molecule has 41 heavy (non-hydrogen) atoms. The number of carbonyl (C=O) groups is 3. The Bertz CT molecular complexity index is 1630. The summed E-state index contributed by atoms with van der Waals surface area (Å²) in [6.07, 6.45) is 1.16. The SMILES string of the molecule is Cc1sc(NC(=O)C2(NC(=O)OCC3c4ccccc4-c4ccccc43)CCC2)c(C(=O)c2ccc(Cl)cc2)c1C. The number of benzene rings is 3. The molecule has 1 fully saturated rings. The second kappa shape index (κ2) is 10.8. The molecule has 2 amide bonds. The van der Waals surface area contributed by atoms with Gasteiger partial charge in [0.05, 0.1) is 5.56 Å². The third kappa shape index (κ3) is 4.94. The number of hydrogen-bond acceptors (Lipinski definition) is 5. The van der Waals surface area contributed by atoms with Crippen LogP contribution in [-0.2, 0) is 9.53 Å². The zero-order valence-corrected chi connectivity index (χ0v) is 24.3. The summed E-state index contributed by atoms with van der Waals surface area (Å²) in [5.74, 6) is -0.604. The molecule has 0 saturated heterocycles. The molecule has 1 heterocycles. The fourth-order valence-electron chi connectivity index (χ4n) is 5.73. The van der Waals surface area contributed by atoms with Gasteiger partial charge in [0.1, 0.15) is 17.1 Å². The molecule has 3 aromatic carbocycles. The second-order valence-corrected chi connectivity index (χ2v) is 12.3. The summed E-state index contributed by atoms with van der Waals surface area (Å²) in [5, 5.41) is 6.85. The van der Waals surface area contributed by atoms with Gasteiger partial charge in [-0.05, 0) is 85.2 Å². The molecule has 6 nitrogen and oxygen atoms in total. The number of carbonyl (C=O) groups excluding carboxylic acids is 3. The molecular weight excluding hydrogens is 556 g/mol. The number of halogens is 1. The van der Waals surface area contributed by atoms with Crippen LogP contribution in [0.1, 0.15) is 62.7 Å². The van der Waals surface area contributed by atoms with E-state index in [1.165, 1.54) is 11.3 Å². The first kappa shape index (κ1) is 27.2. The van der Waals surface area contributed by atoms with Crippen molar-refractivity contribution in [2.75, 3.05) is 11.9 Å². The maximum absolute atomic E-state index is 13.6. The van der Waals surface area contributed by atoms with Crippen LogP contribution >= 0.6 is 22.9 Å². The van der Waals surface area contributed by atoms with Crippen LogP contribution in [0.2, 0.25) is 5.02 Å². The zero-order valence-electron chi connectivity index (χ0n) is 22.8. The highest BCUT2D eigenvalue weighted by atomic mass is 35.5. The number of thiophene rings is 1. The Kier molecular flexibility index (Phi) is 7.18. The molecule has 1 saturated carbocycles. The van der Waals surface area contributed by atoms with Gasteiger partial charge in [-0.2, -0.15) is 0 Å². The number of aryl methyl sites for hydroxylation is 1. The smallest absolute Gasteiger partial charge is 0.408 e. The van der Waals surface area contributed by atoms with Crippen LogP contribution in [0.15, 0.2) is 72.8 Å². The minimum atomic E-state index is -1.09. The first-order valence-corrected chi connectivity index (χ1v) is 14.8. The maximum Gasteiger partial charge on any atom is 0.408 e. The molecule has 6 rings (SSSR count). The summed E-state index contributed by atoms with van der Waals surface area (Å²) in [5.41, 5.74) is 5.22. The third-order valence-corrected chi connectivity index (χ3v) is 9.65. The molecule has 0 atom stereocenters. The number of rotatable bonds is 7.